The van der Waals surface area contributed by atoms with Gasteiger partial charge in [-0.3, -0.25) is 0 Å². The van der Waals surface area contributed by atoms with E-state index in [0.717, 1.165) is 18.4 Å². The van der Waals surface area contributed by atoms with Gasteiger partial charge in [0.15, 0.2) is 0 Å². The highest BCUT2D eigenvalue weighted by Crippen LogP contribution is 2.23. The van der Waals surface area contributed by atoms with Crippen molar-refractivity contribution >= 4 is 6.21 Å². The molecule has 0 saturated carbocycles. The van der Waals surface area contributed by atoms with Crippen molar-refractivity contribution in [2.75, 3.05) is 7.11 Å². The highest BCUT2D eigenvalue weighted by atomic mass is 16.6. The van der Waals surface area contributed by atoms with Crippen molar-refractivity contribution in [2.24, 2.45) is 5.16 Å². The van der Waals surface area contributed by atoms with Gasteiger partial charge in [0, 0.05) is 11.1 Å². The van der Waals surface area contributed by atoms with E-state index in [2.05, 4.69) is 17.0 Å². The summed E-state index contributed by atoms with van der Waals surface area (Å²) >= 11 is 0. The van der Waals surface area contributed by atoms with E-state index >= 15 is 0 Å². The Morgan fingerprint density at radius 2 is 1.89 bits per heavy atom. The first-order valence-corrected chi connectivity index (χ1v) is 6.26. The molecule has 0 spiro atoms. The molecule has 0 heterocycles. The normalized spacial score (nSPS) is 15.4. The van der Waals surface area contributed by atoms with Crippen LogP contribution in [0.15, 0.2) is 46.6 Å². The second kappa shape index (κ2) is 6.66. The van der Waals surface area contributed by atoms with E-state index in [4.69, 9.17) is 4.84 Å². The van der Waals surface area contributed by atoms with Crippen LogP contribution in [-0.2, 0) is 4.84 Å². The Morgan fingerprint density at radius 3 is 2.67 bits per heavy atom. The van der Waals surface area contributed by atoms with Crippen molar-refractivity contribution in [1.29, 1.82) is 0 Å². The molecule has 2 nitrogen and oxygen atoms in total. The lowest BCUT2D eigenvalue weighted by atomic mass is 9.92. The van der Waals surface area contributed by atoms with Gasteiger partial charge in [0.05, 0.1) is 6.21 Å². The third-order valence-corrected chi connectivity index (χ3v) is 2.96. The number of allylic oxidation sites excluding steroid dienone is 2. The van der Waals surface area contributed by atoms with Crippen molar-refractivity contribution < 1.29 is 4.84 Å². The molecule has 2 heteroatoms. The number of benzene rings is 1. The van der Waals surface area contributed by atoms with Gasteiger partial charge in [-0.05, 0) is 43.4 Å². The average Bonchev–Trinajstić information content (AvgIpc) is 2.45. The van der Waals surface area contributed by atoms with Crippen LogP contribution in [-0.4, -0.2) is 13.3 Å². The number of hydrogen-bond acceptors (Lipinski definition) is 2. The summed E-state index contributed by atoms with van der Waals surface area (Å²) in [4.78, 5) is 4.74. The molecule has 0 atom stereocenters. The summed E-state index contributed by atoms with van der Waals surface area (Å²) in [6, 6.07) is 10.1. The molecule has 0 unspecified atom stereocenters. The predicted molar refractivity (Wildman–Crippen MR) is 74.3 cm³/mol. The minimum atomic E-state index is 1.05. The van der Waals surface area contributed by atoms with E-state index in [1.54, 1.807) is 13.3 Å². The highest BCUT2D eigenvalue weighted by Gasteiger charge is 2.09. The van der Waals surface area contributed by atoms with Gasteiger partial charge in [-0.1, -0.05) is 35.2 Å². The molecule has 18 heavy (non-hydrogen) atoms. The van der Waals surface area contributed by atoms with Crippen LogP contribution < -0.4 is 0 Å². The smallest absolute Gasteiger partial charge is 0.106 e. The molecule has 92 valence electrons. The lowest BCUT2D eigenvalue weighted by Crippen LogP contribution is -2.00. The van der Waals surface area contributed by atoms with Crippen molar-refractivity contribution in [3.8, 4) is 11.8 Å². The molecule has 0 fully saturated rings. The Labute approximate surface area is 108 Å². The molecule has 0 amide bonds. The van der Waals surface area contributed by atoms with E-state index in [1.165, 1.54) is 24.0 Å². The first-order chi connectivity index (χ1) is 8.90. The Bertz CT molecular complexity index is 503. The molecule has 2 rings (SSSR count). The third-order valence-electron chi connectivity index (χ3n) is 2.96. The molecule has 0 radical (unpaired) electrons. The maximum absolute atomic E-state index is 4.74. The van der Waals surface area contributed by atoms with Crippen LogP contribution in [0.25, 0.3) is 0 Å². The standard InChI is InChI=1S/C16H17NO/c1-18-17-13-16-10-6-5-9-15(16)12-11-14-7-3-2-4-8-14/h2-4,7-8,13H,5-6,9-10H2,1H3/b17-13+. The zero-order chi connectivity index (χ0) is 12.6. The maximum atomic E-state index is 4.74. The van der Waals surface area contributed by atoms with Crippen LogP contribution >= 0.6 is 0 Å². The predicted octanol–water partition coefficient (Wildman–Crippen LogP) is 3.54. The molecular weight excluding hydrogens is 222 g/mol. The number of nitrogens with zero attached hydrogens (tertiary/aromatic N) is 1. The van der Waals surface area contributed by atoms with Crippen LogP contribution in [0.2, 0.25) is 0 Å². The molecule has 1 aliphatic rings. The van der Waals surface area contributed by atoms with E-state index < -0.39 is 0 Å². The summed E-state index contributed by atoms with van der Waals surface area (Å²) in [5.74, 6) is 6.49. The highest BCUT2D eigenvalue weighted by molar-refractivity contribution is 5.81. The maximum Gasteiger partial charge on any atom is 0.106 e. The third kappa shape index (κ3) is 3.49. The van der Waals surface area contributed by atoms with Crippen LogP contribution in [0, 0.1) is 11.8 Å². The number of hydrogen-bond donors (Lipinski definition) is 0. The lowest BCUT2D eigenvalue weighted by molar-refractivity contribution is 0.215. The topological polar surface area (TPSA) is 21.6 Å². The number of oxime groups is 1. The molecule has 0 aliphatic heterocycles. The Morgan fingerprint density at radius 1 is 1.11 bits per heavy atom. The fraction of sp³-hybridized carbons (Fsp3) is 0.312. The fourth-order valence-corrected chi connectivity index (χ4v) is 2.00. The van der Waals surface area contributed by atoms with Gasteiger partial charge in [0.25, 0.3) is 0 Å². The van der Waals surface area contributed by atoms with Crippen molar-refractivity contribution in [2.45, 2.75) is 25.7 Å². The molecule has 0 N–H and O–H groups in total. The zero-order valence-corrected chi connectivity index (χ0v) is 10.6. The first-order valence-electron chi connectivity index (χ1n) is 6.26. The second-order valence-electron chi connectivity index (χ2n) is 4.24. The van der Waals surface area contributed by atoms with Gasteiger partial charge < -0.3 is 4.84 Å². The molecule has 1 aromatic carbocycles. The van der Waals surface area contributed by atoms with Crippen molar-refractivity contribution in [3.05, 3.63) is 47.0 Å². The van der Waals surface area contributed by atoms with E-state index in [0.29, 0.717) is 0 Å². The van der Waals surface area contributed by atoms with Crippen LogP contribution in [0.4, 0.5) is 0 Å². The van der Waals surface area contributed by atoms with Gasteiger partial charge in [0.2, 0.25) is 0 Å². The average molecular weight is 239 g/mol. The summed E-state index contributed by atoms with van der Waals surface area (Å²) in [6.07, 6.45) is 6.31. The van der Waals surface area contributed by atoms with Gasteiger partial charge in [-0.15, -0.1) is 0 Å². The second-order valence-corrected chi connectivity index (χ2v) is 4.24. The summed E-state index contributed by atoms with van der Waals surface area (Å²) in [5, 5.41) is 3.85. The quantitative estimate of drug-likeness (QED) is 0.439. The van der Waals surface area contributed by atoms with E-state index in [1.807, 2.05) is 30.3 Å². The first kappa shape index (κ1) is 12.4. The minimum Gasteiger partial charge on any atom is -0.399 e. The van der Waals surface area contributed by atoms with Gasteiger partial charge in [-0.2, -0.15) is 0 Å². The van der Waals surface area contributed by atoms with Gasteiger partial charge in [-0.25, -0.2) is 0 Å². The zero-order valence-electron chi connectivity index (χ0n) is 10.6. The van der Waals surface area contributed by atoms with E-state index in [9.17, 15) is 0 Å². The van der Waals surface area contributed by atoms with Gasteiger partial charge in [0.1, 0.15) is 7.11 Å². The number of rotatable bonds is 2. The summed E-state index contributed by atoms with van der Waals surface area (Å²) in [6.45, 7) is 0. The largest absolute Gasteiger partial charge is 0.399 e. The van der Waals surface area contributed by atoms with Crippen LogP contribution in [0.5, 0.6) is 0 Å². The lowest BCUT2D eigenvalue weighted by Gasteiger charge is -2.12. The Balaban J connectivity index is 2.22. The van der Waals surface area contributed by atoms with E-state index in [-0.39, 0.29) is 0 Å². The summed E-state index contributed by atoms with van der Waals surface area (Å²) in [5.41, 5.74) is 3.47. The van der Waals surface area contributed by atoms with Crippen LogP contribution in [0.1, 0.15) is 31.2 Å². The SMILES string of the molecule is CO/N=C/C1=C(C#Cc2ccccc2)CCCC1. The monoisotopic (exact) mass is 239 g/mol. The molecule has 1 aliphatic carbocycles. The van der Waals surface area contributed by atoms with Crippen LogP contribution in [0.3, 0.4) is 0 Å². The molecular formula is C16H17NO. The molecule has 0 aromatic heterocycles. The molecule has 0 bridgehead atoms. The summed E-state index contributed by atoms with van der Waals surface area (Å²) < 4.78 is 0. The Hall–Kier alpha value is -2.01. The van der Waals surface area contributed by atoms with Crippen molar-refractivity contribution in [1.82, 2.24) is 0 Å². The van der Waals surface area contributed by atoms with Gasteiger partial charge >= 0.3 is 0 Å². The Kier molecular flexibility index (Phi) is 4.60. The molecule has 1 aromatic rings. The molecule has 0 saturated heterocycles. The van der Waals surface area contributed by atoms with Crippen molar-refractivity contribution in [3.63, 3.8) is 0 Å². The summed E-state index contributed by atoms with van der Waals surface area (Å²) in [7, 11) is 1.56. The minimum absolute atomic E-state index is 1.05. The fourth-order valence-electron chi connectivity index (χ4n) is 2.00.